The van der Waals surface area contributed by atoms with Crippen LogP contribution < -0.4 is 0 Å². The Morgan fingerprint density at radius 2 is 1.67 bits per heavy atom. The van der Waals surface area contributed by atoms with Crippen LogP contribution in [0.3, 0.4) is 0 Å². The first-order valence-corrected chi connectivity index (χ1v) is 5.95. The standard InChI is InChI=1S/C13H20O5/c1-5-16-13(17-6-2)11(14)8-7-9-18-12(15)10(3)4/h10,13H,5-6,9H2,1-4H3. The van der Waals surface area contributed by atoms with E-state index in [2.05, 4.69) is 11.8 Å². The predicted octanol–water partition coefficient (Wildman–Crippen LogP) is 1.16. The van der Waals surface area contributed by atoms with Gasteiger partial charge in [0.1, 0.15) is 0 Å². The lowest BCUT2D eigenvalue weighted by molar-refractivity contribution is -0.162. The number of Topliss-reactive ketones (excluding diaryl/α,β-unsaturated/α-hetero) is 1. The molecule has 0 heterocycles. The number of ether oxygens (including phenoxy) is 3. The highest BCUT2D eigenvalue weighted by molar-refractivity contribution is 5.98. The van der Waals surface area contributed by atoms with Gasteiger partial charge in [0.25, 0.3) is 5.78 Å². The van der Waals surface area contributed by atoms with Crippen LogP contribution in [-0.4, -0.2) is 37.9 Å². The normalized spacial score (nSPS) is 10.1. The number of hydrogen-bond acceptors (Lipinski definition) is 5. The molecule has 0 aliphatic rings. The van der Waals surface area contributed by atoms with Gasteiger partial charge in [-0.05, 0) is 19.8 Å². The molecule has 0 saturated carbocycles. The van der Waals surface area contributed by atoms with Gasteiger partial charge in [-0.15, -0.1) is 0 Å². The Morgan fingerprint density at radius 1 is 1.11 bits per heavy atom. The van der Waals surface area contributed by atoms with Crippen LogP contribution in [-0.2, 0) is 23.8 Å². The van der Waals surface area contributed by atoms with Gasteiger partial charge in [-0.25, -0.2) is 0 Å². The van der Waals surface area contributed by atoms with Gasteiger partial charge < -0.3 is 14.2 Å². The van der Waals surface area contributed by atoms with E-state index >= 15 is 0 Å². The molecule has 0 fully saturated rings. The summed E-state index contributed by atoms with van der Waals surface area (Å²) in [6.45, 7) is 7.59. The van der Waals surface area contributed by atoms with Crippen molar-refractivity contribution < 1.29 is 23.8 Å². The van der Waals surface area contributed by atoms with Gasteiger partial charge in [-0.1, -0.05) is 19.8 Å². The summed E-state index contributed by atoms with van der Waals surface area (Å²) in [5.41, 5.74) is 0. The minimum atomic E-state index is -0.965. The zero-order valence-electron chi connectivity index (χ0n) is 11.3. The molecule has 0 aromatic heterocycles. The van der Waals surface area contributed by atoms with Gasteiger partial charge in [0.15, 0.2) is 6.61 Å². The van der Waals surface area contributed by atoms with Crippen molar-refractivity contribution in [1.82, 2.24) is 0 Å². The SMILES string of the molecule is CCOC(OCC)C(=O)C#CCOC(=O)C(C)C. The minimum Gasteiger partial charge on any atom is -0.452 e. The fraction of sp³-hybridized carbons (Fsp3) is 0.692. The molecule has 0 atom stereocenters. The highest BCUT2D eigenvalue weighted by Crippen LogP contribution is 1.97. The summed E-state index contributed by atoms with van der Waals surface area (Å²) in [5.74, 6) is 3.77. The molecular weight excluding hydrogens is 236 g/mol. The maximum Gasteiger partial charge on any atom is 0.309 e. The topological polar surface area (TPSA) is 61.8 Å². The largest absolute Gasteiger partial charge is 0.452 e. The molecule has 0 amide bonds. The second-order valence-corrected chi connectivity index (χ2v) is 3.67. The maximum atomic E-state index is 11.5. The second-order valence-electron chi connectivity index (χ2n) is 3.67. The molecule has 0 spiro atoms. The van der Waals surface area contributed by atoms with Crippen molar-refractivity contribution in [3.8, 4) is 11.8 Å². The highest BCUT2D eigenvalue weighted by Gasteiger charge is 2.16. The molecular formula is C13H20O5. The van der Waals surface area contributed by atoms with Crippen molar-refractivity contribution in [3.05, 3.63) is 0 Å². The van der Waals surface area contributed by atoms with Gasteiger partial charge in [0.05, 0.1) is 5.92 Å². The molecule has 0 bridgehead atoms. The number of hydrogen-bond donors (Lipinski definition) is 0. The summed E-state index contributed by atoms with van der Waals surface area (Å²) >= 11 is 0. The van der Waals surface area contributed by atoms with Crippen LogP contribution in [0.2, 0.25) is 0 Å². The number of esters is 1. The van der Waals surface area contributed by atoms with E-state index in [-0.39, 0.29) is 18.5 Å². The molecule has 5 nitrogen and oxygen atoms in total. The lowest BCUT2D eigenvalue weighted by Gasteiger charge is -2.11. The van der Waals surface area contributed by atoms with E-state index in [0.717, 1.165) is 0 Å². The first-order chi connectivity index (χ1) is 8.52. The molecule has 0 saturated heterocycles. The maximum absolute atomic E-state index is 11.5. The second kappa shape index (κ2) is 9.63. The van der Waals surface area contributed by atoms with Crippen molar-refractivity contribution in [2.45, 2.75) is 34.0 Å². The van der Waals surface area contributed by atoms with E-state index in [0.29, 0.717) is 13.2 Å². The van der Waals surface area contributed by atoms with E-state index in [1.165, 1.54) is 0 Å². The Morgan fingerprint density at radius 3 is 2.11 bits per heavy atom. The molecule has 0 N–H and O–H groups in total. The summed E-state index contributed by atoms with van der Waals surface area (Å²) in [6, 6.07) is 0. The molecule has 0 aromatic carbocycles. The third-order valence-corrected chi connectivity index (χ3v) is 1.82. The van der Waals surface area contributed by atoms with E-state index in [4.69, 9.17) is 14.2 Å². The Bertz CT molecular complexity index is 318. The average molecular weight is 256 g/mol. The Balaban J connectivity index is 4.16. The van der Waals surface area contributed by atoms with Crippen molar-refractivity contribution in [2.24, 2.45) is 5.92 Å². The highest BCUT2D eigenvalue weighted by atomic mass is 16.7. The van der Waals surface area contributed by atoms with E-state index < -0.39 is 12.1 Å². The van der Waals surface area contributed by atoms with Crippen molar-refractivity contribution in [2.75, 3.05) is 19.8 Å². The first-order valence-electron chi connectivity index (χ1n) is 5.95. The Hall–Kier alpha value is -1.38. The van der Waals surface area contributed by atoms with Gasteiger partial charge >= 0.3 is 5.97 Å². The van der Waals surface area contributed by atoms with Gasteiger partial charge in [0.2, 0.25) is 6.29 Å². The molecule has 0 aliphatic heterocycles. The van der Waals surface area contributed by atoms with Crippen LogP contribution in [0.1, 0.15) is 27.7 Å². The summed E-state index contributed by atoms with van der Waals surface area (Å²) in [6.07, 6.45) is -0.965. The van der Waals surface area contributed by atoms with Crippen LogP contribution in [0, 0.1) is 17.8 Å². The first kappa shape index (κ1) is 16.6. The fourth-order valence-electron chi connectivity index (χ4n) is 0.958. The zero-order valence-corrected chi connectivity index (χ0v) is 11.3. The number of rotatable bonds is 7. The third-order valence-electron chi connectivity index (χ3n) is 1.82. The summed E-state index contributed by atoms with van der Waals surface area (Å²) < 4.78 is 15.0. The van der Waals surface area contributed by atoms with Crippen LogP contribution in [0.15, 0.2) is 0 Å². The predicted molar refractivity (Wildman–Crippen MR) is 65.6 cm³/mol. The molecule has 0 aromatic rings. The van der Waals surface area contributed by atoms with Crippen LogP contribution in [0.5, 0.6) is 0 Å². The molecule has 0 aliphatic carbocycles. The Kier molecular flexibility index (Phi) is 8.89. The zero-order chi connectivity index (χ0) is 14.0. The molecule has 102 valence electrons. The molecule has 0 radical (unpaired) electrons. The Labute approximate surface area is 108 Å². The summed E-state index contributed by atoms with van der Waals surface area (Å²) in [5, 5.41) is 0. The van der Waals surface area contributed by atoms with E-state index in [9.17, 15) is 9.59 Å². The lowest BCUT2D eigenvalue weighted by Crippen LogP contribution is -2.26. The number of carbonyl (C=O) groups excluding carboxylic acids is 2. The average Bonchev–Trinajstić information content (AvgIpc) is 2.33. The molecule has 0 rings (SSSR count). The lowest BCUT2D eigenvalue weighted by atomic mass is 10.2. The van der Waals surface area contributed by atoms with Crippen molar-refractivity contribution in [1.29, 1.82) is 0 Å². The van der Waals surface area contributed by atoms with Gasteiger partial charge in [0, 0.05) is 13.2 Å². The number of carbonyl (C=O) groups is 2. The van der Waals surface area contributed by atoms with Gasteiger partial charge in [-0.2, -0.15) is 0 Å². The summed E-state index contributed by atoms with van der Waals surface area (Å²) in [4.78, 5) is 22.6. The molecule has 0 unspecified atom stereocenters. The van der Waals surface area contributed by atoms with Crippen molar-refractivity contribution >= 4 is 11.8 Å². The van der Waals surface area contributed by atoms with E-state index in [1.807, 2.05) is 0 Å². The van der Waals surface area contributed by atoms with Crippen LogP contribution >= 0.6 is 0 Å². The van der Waals surface area contributed by atoms with E-state index in [1.54, 1.807) is 27.7 Å². The quantitative estimate of drug-likeness (QED) is 0.296. The third kappa shape index (κ3) is 7.05. The summed E-state index contributed by atoms with van der Waals surface area (Å²) in [7, 11) is 0. The molecule has 5 heteroatoms. The van der Waals surface area contributed by atoms with Crippen LogP contribution in [0.4, 0.5) is 0 Å². The van der Waals surface area contributed by atoms with Gasteiger partial charge in [-0.3, -0.25) is 9.59 Å². The minimum absolute atomic E-state index is 0.103. The molecule has 18 heavy (non-hydrogen) atoms. The van der Waals surface area contributed by atoms with Crippen molar-refractivity contribution in [3.63, 3.8) is 0 Å². The van der Waals surface area contributed by atoms with Crippen LogP contribution in [0.25, 0.3) is 0 Å². The fourth-order valence-corrected chi connectivity index (χ4v) is 0.958. The monoisotopic (exact) mass is 256 g/mol. The smallest absolute Gasteiger partial charge is 0.309 e. The number of ketones is 1.